The van der Waals surface area contributed by atoms with Crippen LogP contribution in [0.4, 0.5) is 4.39 Å². The zero-order valence-electron chi connectivity index (χ0n) is 9.76. The quantitative estimate of drug-likeness (QED) is 0.484. The van der Waals surface area contributed by atoms with Crippen LogP contribution in [-0.2, 0) is 4.79 Å². The lowest BCUT2D eigenvalue weighted by Gasteiger charge is -1.98. The number of carbonyl (C=O) groups excluding carboxylic acids is 1. The fourth-order valence-electron chi connectivity index (χ4n) is 1.98. The molecule has 0 saturated heterocycles. The van der Waals surface area contributed by atoms with Gasteiger partial charge in [-0.1, -0.05) is 12.1 Å². The summed E-state index contributed by atoms with van der Waals surface area (Å²) in [6.07, 6.45) is 1.54. The van der Waals surface area contributed by atoms with Gasteiger partial charge in [-0.05, 0) is 42.0 Å². The van der Waals surface area contributed by atoms with Crippen LogP contribution in [0.25, 0.3) is 11.6 Å². The van der Waals surface area contributed by atoms with E-state index in [1.165, 1.54) is 36.4 Å². The monoisotopic (exact) mass is 256 g/mol. The smallest absolute Gasteiger partial charge is 0.344 e. The van der Waals surface area contributed by atoms with Crippen molar-refractivity contribution in [3.8, 4) is 11.5 Å². The van der Waals surface area contributed by atoms with Crippen molar-refractivity contribution < 1.29 is 19.0 Å². The van der Waals surface area contributed by atoms with E-state index in [4.69, 9.17) is 4.74 Å². The number of fused-ring (bicyclic) bond motifs is 1. The van der Waals surface area contributed by atoms with Crippen molar-refractivity contribution in [2.24, 2.45) is 0 Å². The molecule has 4 heteroatoms. The van der Waals surface area contributed by atoms with Gasteiger partial charge in [0, 0.05) is 5.56 Å². The van der Waals surface area contributed by atoms with E-state index in [0.29, 0.717) is 22.4 Å². The Balaban J connectivity index is 2.11. The van der Waals surface area contributed by atoms with E-state index >= 15 is 0 Å². The van der Waals surface area contributed by atoms with Gasteiger partial charge in [-0.15, -0.1) is 0 Å². The first kappa shape index (κ1) is 11.5. The third-order valence-electron chi connectivity index (χ3n) is 2.84. The Hall–Kier alpha value is -2.62. The van der Waals surface area contributed by atoms with E-state index in [0.717, 1.165) is 0 Å². The van der Waals surface area contributed by atoms with Gasteiger partial charge in [-0.2, -0.15) is 0 Å². The lowest BCUT2D eigenvalue weighted by Crippen LogP contribution is -2.00. The van der Waals surface area contributed by atoms with Gasteiger partial charge in [0.2, 0.25) is 0 Å². The largest absolute Gasteiger partial charge is 0.508 e. The number of phenols is 1. The Kier molecular flexibility index (Phi) is 2.56. The number of esters is 1. The van der Waals surface area contributed by atoms with Crippen LogP contribution >= 0.6 is 0 Å². The van der Waals surface area contributed by atoms with Gasteiger partial charge in [-0.25, -0.2) is 9.18 Å². The Morgan fingerprint density at radius 2 is 2.00 bits per heavy atom. The molecule has 0 bridgehead atoms. The number of aromatic hydroxyl groups is 1. The molecule has 0 spiro atoms. The van der Waals surface area contributed by atoms with Crippen LogP contribution in [0.3, 0.4) is 0 Å². The van der Waals surface area contributed by atoms with Gasteiger partial charge < -0.3 is 9.84 Å². The second-order valence-electron chi connectivity index (χ2n) is 4.18. The summed E-state index contributed by atoms with van der Waals surface area (Å²) >= 11 is 0. The van der Waals surface area contributed by atoms with Gasteiger partial charge in [0.25, 0.3) is 0 Å². The summed E-state index contributed by atoms with van der Waals surface area (Å²) in [5.41, 5.74) is 1.37. The molecule has 3 nitrogen and oxygen atoms in total. The fourth-order valence-corrected chi connectivity index (χ4v) is 1.98. The topological polar surface area (TPSA) is 46.5 Å². The summed E-state index contributed by atoms with van der Waals surface area (Å²) < 4.78 is 18.2. The third kappa shape index (κ3) is 2.08. The molecule has 94 valence electrons. The first-order valence-electron chi connectivity index (χ1n) is 5.66. The second kappa shape index (κ2) is 4.24. The fraction of sp³-hybridized carbons (Fsp3) is 0. The summed E-state index contributed by atoms with van der Waals surface area (Å²) in [4.78, 5) is 11.8. The highest BCUT2D eigenvalue weighted by Crippen LogP contribution is 2.37. The van der Waals surface area contributed by atoms with Gasteiger partial charge in [0.1, 0.15) is 17.3 Å². The van der Waals surface area contributed by atoms with Gasteiger partial charge in [0.15, 0.2) is 0 Å². The molecule has 0 saturated carbocycles. The normalized spacial score (nSPS) is 15.4. The third-order valence-corrected chi connectivity index (χ3v) is 2.84. The molecule has 3 rings (SSSR count). The molecule has 0 fully saturated rings. The van der Waals surface area contributed by atoms with E-state index in [1.54, 1.807) is 12.1 Å². The number of hydrogen-bond acceptors (Lipinski definition) is 3. The SMILES string of the molecule is O=C1Oc2ccc(O)cc2/C1=C\c1cccc(F)c1. The number of carbonyl (C=O) groups is 1. The molecule has 19 heavy (non-hydrogen) atoms. The van der Waals surface area contributed by atoms with E-state index in [-0.39, 0.29) is 11.6 Å². The molecule has 0 aliphatic carbocycles. The Morgan fingerprint density at radius 3 is 2.79 bits per heavy atom. The standard InChI is InChI=1S/C15H9FO3/c16-10-3-1-2-9(6-10)7-13-12-8-11(17)4-5-14(12)19-15(13)18/h1-8,17H/b13-7+. The highest BCUT2D eigenvalue weighted by atomic mass is 19.1. The zero-order valence-corrected chi connectivity index (χ0v) is 9.76. The Labute approximate surface area is 108 Å². The summed E-state index contributed by atoms with van der Waals surface area (Å²) in [6.45, 7) is 0. The van der Waals surface area contributed by atoms with Crippen molar-refractivity contribution in [1.82, 2.24) is 0 Å². The number of rotatable bonds is 1. The average Bonchev–Trinajstić information content (AvgIpc) is 2.66. The van der Waals surface area contributed by atoms with Crippen molar-refractivity contribution in [3.05, 3.63) is 59.4 Å². The van der Waals surface area contributed by atoms with Crippen LogP contribution in [0, 0.1) is 5.82 Å². The van der Waals surface area contributed by atoms with E-state index < -0.39 is 5.97 Å². The van der Waals surface area contributed by atoms with Crippen molar-refractivity contribution >= 4 is 17.6 Å². The van der Waals surface area contributed by atoms with Crippen molar-refractivity contribution in [1.29, 1.82) is 0 Å². The molecule has 1 heterocycles. The predicted octanol–water partition coefficient (Wildman–Crippen LogP) is 2.99. The predicted molar refractivity (Wildman–Crippen MR) is 68.0 cm³/mol. The summed E-state index contributed by atoms with van der Waals surface area (Å²) in [6, 6.07) is 10.3. The maximum atomic E-state index is 13.1. The van der Waals surface area contributed by atoms with Gasteiger partial charge in [0.05, 0.1) is 5.57 Å². The Morgan fingerprint density at radius 1 is 1.16 bits per heavy atom. The molecule has 2 aromatic carbocycles. The van der Waals surface area contributed by atoms with Crippen LogP contribution in [0.1, 0.15) is 11.1 Å². The number of benzene rings is 2. The highest BCUT2D eigenvalue weighted by molar-refractivity contribution is 6.26. The molecule has 1 N–H and O–H groups in total. The summed E-state index contributed by atoms with van der Waals surface area (Å²) in [5.74, 6) is -0.450. The van der Waals surface area contributed by atoms with Crippen molar-refractivity contribution in [2.75, 3.05) is 0 Å². The van der Waals surface area contributed by atoms with E-state index in [2.05, 4.69) is 0 Å². The van der Waals surface area contributed by atoms with Crippen LogP contribution in [0.15, 0.2) is 42.5 Å². The first-order chi connectivity index (χ1) is 9.13. The molecule has 0 unspecified atom stereocenters. The summed E-state index contributed by atoms with van der Waals surface area (Å²) in [7, 11) is 0. The maximum Gasteiger partial charge on any atom is 0.344 e. The molecule has 0 aromatic heterocycles. The first-order valence-corrected chi connectivity index (χ1v) is 5.66. The average molecular weight is 256 g/mol. The summed E-state index contributed by atoms with van der Waals surface area (Å²) in [5, 5.41) is 9.46. The molecule has 0 amide bonds. The minimum Gasteiger partial charge on any atom is -0.508 e. The maximum absolute atomic E-state index is 13.1. The van der Waals surface area contributed by atoms with Crippen LogP contribution in [-0.4, -0.2) is 11.1 Å². The number of hydrogen-bond donors (Lipinski definition) is 1. The number of halogens is 1. The van der Waals surface area contributed by atoms with Crippen molar-refractivity contribution in [2.45, 2.75) is 0 Å². The molecule has 2 aromatic rings. The molecule has 0 radical (unpaired) electrons. The minimum absolute atomic E-state index is 0.0437. The highest BCUT2D eigenvalue weighted by Gasteiger charge is 2.27. The van der Waals surface area contributed by atoms with Crippen molar-refractivity contribution in [3.63, 3.8) is 0 Å². The number of ether oxygens (including phenoxy) is 1. The van der Waals surface area contributed by atoms with Crippen LogP contribution in [0.2, 0.25) is 0 Å². The Bertz CT molecular complexity index is 704. The minimum atomic E-state index is -0.509. The molecular weight excluding hydrogens is 247 g/mol. The lowest BCUT2D eigenvalue weighted by atomic mass is 10.0. The van der Waals surface area contributed by atoms with Gasteiger partial charge >= 0.3 is 5.97 Å². The lowest BCUT2D eigenvalue weighted by molar-refractivity contribution is -0.126. The number of phenolic OH excluding ortho intramolecular Hbond substituents is 1. The van der Waals surface area contributed by atoms with E-state index in [1.807, 2.05) is 0 Å². The molecular formula is C15H9FO3. The van der Waals surface area contributed by atoms with Gasteiger partial charge in [-0.3, -0.25) is 0 Å². The zero-order chi connectivity index (χ0) is 13.4. The van der Waals surface area contributed by atoms with Crippen LogP contribution in [0.5, 0.6) is 11.5 Å². The molecule has 1 aliphatic rings. The van der Waals surface area contributed by atoms with Crippen LogP contribution < -0.4 is 4.74 Å². The van der Waals surface area contributed by atoms with E-state index in [9.17, 15) is 14.3 Å². The molecule has 0 atom stereocenters. The molecule has 1 aliphatic heterocycles. The second-order valence-corrected chi connectivity index (χ2v) is 4.18.